The van der Waals surface area contributed by atoms with Crippen molar-refractivity contribution >= 4 is 17.4 Å². The van der Waals surface area contributed by atoms with Gasteiger partial charge in [0.15, 0.2) is 0 Å². The number of nitrogens with zero attached hydrogens (tertiary/aromatic N) is 1. The molecule has 1 heterocycles. The molecule has 0 radical (unpaired) electrons. The highest BCUT2D eigenvalue weighted by Crippen LogP contribution is 2.16. The molecular weight excluding hydrogens is 203 g/mol. The lowest BCUT2D eigenvalue weighted by molar-refractivity contribution is 0.623. The summed E-state index contributed by atoms with van der Waals surface area (Å²) in [6.07, 6.45) is 0. The van der Waals surface area contributed by atoms with Crippen molar-refractivity contribution in [1.82, 2.24) is 5.32 Å². The summed E-state index contributed by atoms with van der Waals surface area (Å²) in [5, 5.41) is 3.61. The van der Waals surface area contributed by atoms with Gasteiger partial charge in [-0.1, -0.05) is 11.6 Å². The van der Waals surface area contributed by atoms with E-state index in [1.54, 1.807) is 6.07 Å². The van der Waals surface area contributed by atoms with E-state index in [0.717, 1.165) is 0 Å². The highest BCUT2D eigenvalue weighted by Gasteiger charge is 2.17. The molecule has 1 N–H and O–H groups in total. The molecule has 0 fully saturated rings. The molecule has 0 spiro atoms. The van der Waals surface area contributed by atoms with E-state index in [0.29, 0.717) is 23.0 Å². The molecule has 0 saturated heterocycles. The summed E-state index contributed by atoms with van der Waals surface area (Å²) in [5.74, 6) is 0.298. The second-order valence-electron chi connectivity index (χ2n) is 3.36. The largest absolute Gasteiger partial charge is 0.365 e. The van der Waals surface area contributed by atoms with E-state index >= 15 is 0 Å². The van der Waals surface area contributed by atoms with Gasteiger partial charge < -0.3 is 5.32 Å². The van der Waals surface area contributed by atoms with Gasteiger partial charge in [0.25, 0.3) is 0 Å². The quantitative estimate of drug-likeness (QED) is 0.759. The van der Waals surface area contributed by atoms with Crippen molar-refractivity contribution < 1.29 is 4.39 Å². The zero-order valence-electron chi connectivity index (χ0n) is 7.72. The van der Waals surface area contributed by atoms with Gasteiger partial charge in [0.1, 0.15) is 11.7 Å². The van der Waals surface area contributed by atoms with Gasteiger partial charge in [-0.2, -0.15) is 0 Å². The van der Waals surface area contributed by atoms with E-state index in [-0.39, 0.29) is 11.9 Å². The van der Waals surface area contributed by atoms with Crippen LogP contribution in [0.5, 0.6) is 0 Å². The molecule has 1 aromatic rings. The first-order valence-electron chi connectivity index (χ1n) is 4.43. The van der Waals surface area contributed by atoms with Crippen LogP contribution in [0, 0.1) is 5.82 Å². The second-order valence-corrected chi connectivity index (χ2v) is 3.80. The highest BCUT2D eigenvalue weighted by molar-refractivity contribution is 6.31. The SMILES string of the molecule is CC1CN=C(c2cc(Cl)ccc2F)N1. The summed E-state index contributed by atoms with van der Waals surface area (Å²) in [4.78, 5) is 4.20. The van der Waals surface area contributed by atoms with Gasteiger partial charge in [-0.25, -0.2) is 4.39 Å². The van der Waals surface area contributed by atoms with Crippen LogP contribution in [0.25, 0.3) is 0 Å². The third-order valence-electron chi connectivity index (χ3n) is 2.09. The van der Waals surface area contributed by atoms with Crippen LogP contribution in [-0.2, 0) is 0 Å². The molecule has 0 aromatic heterocycles. The number of aliphatic imine (C=N–C) groups is 1. The Morgan fingerprint density at radius 3 is 3.00 bits per heavy atom. The fourth-order valence-corrected chi connectivity index (χ4v) is 1.57. The van der Waals surface area contributed by atoms with Crippen LogP contribution in [0.2, 0.25) is 5.02 Å². The van der Waals surface area contributed by atoms with E-state index in [1.165, 1.54) is 12.1 Å². The number of rotatable bonds is 1. The Balaban J connectivity index is 2.36. The first-order valence-corrected chi connectivity index (χ1v) is 4.81. The average Bonchev–Trinajstić information content (AvgIpc) is 2.56. The molecule has 14 heavy (non-hydrogen) atoms. The molecule has 74 valence electrons. The molecule has 1 atom stereocenters. The normalized spacial score (nSPS) is 20.5. The van der Waals surface area contributed by atoms with E-state index in [4.69, 9.17) is 11.6 Å². The van der Waals surface area contributed by atoms with Gasteiger partial charge in [-0.05, 0) is 25.1 Å². The van der Waals surface area contributed by atoms with Crippen LogP contribution in [0.3, 0.4) is 0 Å². The first-order chi connectivity index (χ1) is 6.66. The smallest absolute Gasteiger partial charge is 0.134 e. The van der Waals surface area contributed by atoms with Crippen molar-refractivity contribution in [3.63, 3.8) is 0 Å². The summed E-state index contributed by atoms with van der Waals surface area (Å²) in [6.45, 7) is 2.68. The maximum atomic E-state index is 13.4. The molecule has 0 amide bonds. The molecule has 0 aliphatic carbocycles. The Labute approximate surface area is 86.8 Å². The monoisotopic (exact) mass is 212 g/mol. The second kappa shape index (κ2) is 3.58. The molecule has 1 aliphatic rings. The zero-order valence-corrected chi connectivity index (χ0v) is 8.48. The fourth-order valence-electron chi connectivity index (χ4n) is 1.39. The van der Waals surface area contributed by atoms with E-state index in [9.17, 15) is 4.39 Å². The van der Waals surface area contributed by atoms with E-state index in [2.05, 4.69) is 10.3 Å². The van der Waals surface area contributed by atoms with Crippen LogP contribution in [-0.4, -0.2) is 18.4 Å². The maximum Gasteiger partial charge on any atom is 0.134 e. The lowest BCUT2D eigenvalue weighted by Gasteiger charge is -2.07. The Hall–Kier alpha value is -1.09. The van der Waals surface area contributed by atoms with Crippen LogP contribution in [0.1, 0.15) is 12.5 Å². The van der Waals surface area contributed by atoms with Crippen molar-refractivity contribution in [2.45, 2.75) is 13.0 Å². The predicted octanol–water partition coefficient (Wildman–Crippen LogP) is 2.22. The van der Waals surface area contributed by atoms with Gasteiger partial charge in [-0.15, -0.1) is 0 Å². The number of halogens is 2. The third kappa shape index (κ3) is 1.73. The topological polar surface area (TPSA) is 24.4 Å². The molecule has 2 nitrogen and oxygen atoms in total. The number of benzene rings is 1. The van der Waals surface area contributed by atoms with Gasteiger partial charge >= 0.3 is 0 Å². The Bertz CT molecular complexity index is 390. The van der Waals surface area contributed by atoms with Gasteiger partial charge in [0, 0.05) is 11.1 Å². The van der Waals surface area contributed by atoms with Crippen LogP contribution in [0.15, 0.2) is 23.2 Å². The van der Waals surface area contributed by atoms with E-state index < -0.39 is 0 Å². The molecule has 0 bridgehead atoms. The Morgan fingerprint density at radius 2 is 2.36 bits per heavy atom. The standard InChI is InChI=1S/C10H10ClFN2/c1-6-5-13-10(14-6)8-4-7(11)2-3-9(8)12/h2-4,6H,5H2,1H3,(H,13,14). The minimum Gasteiger partial charge on any atom is -0.365 e. The van der Waals surface area contributed by atoms with Crippen molar-refractivity contribution in [2.24, 2.45) is 4.99 Å². The lowest BCUT2D eigenvalue weighted by Crippen LogP contribution is -2.28. The zero-order chi connectivity index (χ0) is 10.1. The minimum absolute atomic E-state index is 0.267. The molecule has 1 aliphatic heterocycles. The van der Waals surface area contributed by atoms with Crippen molar-refractivity contribution in [3.8, 4) is 0 Å². The molecule has 0 saturated carbocycles. The molecule has 4 heteroatoms. The van der Waals surface area contributed by atoms with Gasteiger partial charge in [-0.3, -0.25) is 4.99 Å². The van der Waals surface area contributed by atoms with Crippen LogP contribution in [0.4, 0.5) is 4.39 Å². The van der Waals surface area contributed by atoms with Crippen molar-refractivity contribution in [2.75, 3.05) is 6.54 Å². The maximum absolute atomic E-state index is 13.4. The summed E-state index contributed by atoms with van der Waals surface area (Å²) in [6, 6.07) is 4.73. The summed E-state index contributed by atoms with van der Waals surface area (Å²) in [7, 11) is 0. The van der Waals surface area contributed by atoms with Crippen LogP contribution < -0.4 is 5.32 Å². The fraction of sp³-hybridized carbons (Fsp3) is 0.300. The van der Waals surface area contributed by atoms with Crippen molar-refractivity contribution in [3.05, 3.63) is 34.6 Å². The predicted molar refractivity (Wildman–Crippen MR) is 55.4 cm³/mol. The summed E-state index contributed by atoms with van der Waals surface area (Å²) < 4.78 is 13.4. The molecule has 2 rings (SSSR count). The molecular formula is C10H10ClFN2. The molecule has 1 unspecified atom stereocenters. The highest BCUT2D eigenvalue weighted by atomic mass is 35.5. The first kappa shape index (κ1) is 9.46. The number of hydrogen-bond donors (Lipinski definition) is 1. The summed E-state index contributed by atoms with van der Waals surface area (Å²) in [5.41, 5.74) is 0.446. The molecule has 1 aromatic carbocycles. The number of hydrogen-bond acceptors (Lipinski definition) is 2. The average molecular weight is 213 g/mol. The minimum atomic E-state index is -0.297. The number of nitrogens with one attached hydrogen (secondary N) is 1. The van der Waals surface area contributed by atoms with Gasteiger partial charge in [0.2, 0.25) is 0 Å². The Morgan fingerprint density at radius 1 is 1.57 bits per heavy atom. The van der Waals surface area contributed by atoms with Gasteiger partial charge in [0.05, 0.1) is 12.1 Å². The summed E-state index contributed by atoms with van der Waals surface area (Å²) >= 11 is 5.78. The lowest BCUT2D eigenvalue weighted by atomic mass is 10.2. The third-order valence-corrected chi connectivity index (χ3v) is 2.33. The van der Waals surface area contributed by atoms with Crippen LogP contribution >= 0.6 is 11.6 Å². The van der Waals surface area contributed by atoms with Crippen molar-refractivity contribution in [1.29, 1.82) is 0 Å². The van der Waals surface area contributed by atoms with E-state index in [1.807, 2.05) is 6.92 Å². The number of amidine groups is 1. The Kier molecular flexibility index (Phi) is 2.42.